The minimum Gasteiger partial charge on any atom is -0.494 e. The Balaban J connectivity index is 2.99. The highest BCUT2D eigenvalue weighted by molar-refractivity contribution is 6.33. The van der Waals surface area contributed by atoms with Crippen molar-refractivity contribution in [2.45, 2.75) is 13.8 Å². The van der Waals surface area contributed by atoms with E-state index in [1.807, 2.05) is 13.0 Å². The second-order valence-corrected chi connectivity index (χ2v) is 4.37. The van der Waals surface area contributed by atoms with Gasteiger partial charge in [-0.2, -0.15) is 0 Å². The summed E-state index contributed by atoms with van der Waals surface area (Å²) >= 11 is 5.94. The molecule has 2 rings (SSSR count). The smallest absolute Gasteiger partial charge is 0.339 e. The standard InChI is InChI=1S/C13H12ClNO3/c1-6-4-5-8(18-3)11-9(6)7(2)10(13(16)17)12(14)15-11/h4-5H,1-3H3,(H,16,17). The number of rotatable bonds is 2. The van der Waals surface area contributed by atoms with E-state index in [1.54, 1.807) is 20.1 Å². The average molecular weight is 266 g/mol. The minimum atomic E-state index is -1.07. The maximum absolute atomic E-state index is 11.2. The van der Waals surface area contributed by atoms with Crippen LogP contribution in [0.1, 0.15) is 21.5 Å². The van der Waals surface area contributed by atoms with Crippen molar-refractivity contribution in [2.24, 2.45) is 0 Å². The lowest BCUT2D eigenvalue weighted by molar-refractivity contribution is 0.0696. The highest BCUT2D eigenvalue weighted by Crippen LogP contribution is 2.33. The maximum Gasteiger partial charge on any atom is 0.339 e. The van der Waals surface area contributed by atoms with Gasteiger partial charge in [-0.3, -0.25) is 0 Å². The zero-order valence-electron chi connectivity index (χ0n) is 10.2. The number of fused-ring (bicyclic) bond motifs is 1. The van der Waals surface area contributed by atoms with Crippen molar-refractivity contribution >= 4 is 28.5 Å². The number of nitrogens with zero attached hydrogens (tertiary/aromatic N) is 1. The molecule has 0 radical (unpaired) electrons. The summed E-state index contributed by atoms with van der Waals surface area (Å²) in [5.74, 6) is -0.494. The largest absolute Gasteiger partial charge is 0.494 e. The van der Waals surface area contributed by atoms with Crippen LogP contribution in [0.5, 0.6) is 5.75 Å². The van der Waals surface area contributed by atoms with Crippen LogP contribution in [-0.4, -0.2) is 23.2 Å². The lowest BCUT2D eigenvalue weighted by Gasteiger charge is -2.12. The Kier molecular flexibility index (Phi) is 3.13. The van der Waals surface area contributed by atoms with E-state index in [0.717, 1.165) is 10.9 Å². The molecule has 0 saturated carbocycles. The Bertz CT molecular complexity index is 652. The van der Waals surface area contributed by atoms with Crippen molar-refractivity contribution in [1.29, 1.82) is 0 Å². The fraction of sp³-hybridized carbons (Fsp3) is 0.231. The predicted molar refractivity (Wildman–Crippen MR) is 69.7 cm³/mol. The van der Waals surface area contributed by atoms with E-state index in [0.29, 0.717) is 16.8 Å². The van der Waals surface area contributed by atoms with Crippen LogP contribution in [-0.2, 0) is 0 Å². The molecule has 0 spiro atoms. The van der Waals surface area contributed by atoms with Crippen LogP contribution >= 0.6 is 11.6 Å². The molecular formula is C13H12ClNO3. The van der Waals surface area contributed by atoms with Gasteiger partial charge in [0, 0.05) is 5.39 Å². The predicted octanol–water partition coefficient (Wildman–Crippen LogP) is 3.21. The summed E-state index contributed by atoms with van der Waals surface area (Å²) in [5, 5.41) is 9.92. The summed E-state index contributed by atoms with van der Waals surface area (Å²) in [6.45, 7) is 3.63. The molecule has 5 heteroatoms. The van der Waals surface area contributed by atoms with Gasteiger partial charge in [0.05, 0.1) is 7.11 Å². The number of aryl methyl sites for hydroxylation is 2. The lowest BCUT2D eigenvalue weighted by Crippen LogP contribution is -2.05. The molecule has 1 heterocycles. The van der Waals surface area contributed by atoms with Gasteiger partial charge in [0.2, 0.25) is 0 Å². The van der Waals surface area contributed by atoms with E-state index in [4.69, 9.17) is 21.4 Å². The molecule has 94 valence electrons. The van der Waals surface area contributed by atoms with E-state index in [2.05, 4.69) is 4.98 Å². The number of benzene rings is 1. The number of aromatic nitrogens is 1. The van der Waals surface area contributed by atoms with E-state index in [-0.39, 0.29) is 10.7 Å². The zero-order chi connectivity index (χ0) is 13.4. The molecule has 0 atom stereocenters. The Morgan fingerprint density at radius 1 is 1.39 bits per heavy atom. The monoisotopic (exact) mass is 265 g/mol. The van der Waals surface area contributed by atoms with Gasteiger partial charge in [-0.25, -0.2) is 9.78 Å². The van der Waals surface area contributed by atoms with Gasteiger partial charge >= 0.3 is 5.97 Å². The van der Waals surface area contributed by atoms with Crippen molar-refractivity contribution in [2.75, 3.05) is 7.11 Å². The Hall–Kier alpha value is -1.81. The van der Waals surface area contributed by atoms with Gasteiger partial charge in [-0.05, 0) is 31.0 Å². The molecule has 18 heavy (non-hydrogen) atoms. The Morgan fingerprint density at radius 3 is 2.61 bits per heavy atom. The zero-order valence-corrected chi connectivity index (χ0v) is 11.0. The fourth-order valence-electron chi connectivity index (χ4n) is 2.10. The third kappa shape index (κ3) is 1.78. The van der Waals surface area contributed by atoms with Crippen LogP contribution in [0.2, 0.25) is 5.15 Å². The summed E-state index contributed by atoms with van der Waals surface area (Å²) in [5.41, 5.74) is 2.18. The number of methoxy groups -OCH3 is 1. The number of carbonyl (C=O) groups is 1. The number of ether oxygens (including phenoxy) is 1. The molecule has 0 unspecified atom stereocenters. The van der Waals surface area contributed by atoms with E-state index < -0.39 is 5.97 Å². The Morgan fingerprint density at radius 2 is 2.06 bits per heavy atom. The van der Waals surface area contributed by atoms with Gasteiger partial charge < -0.3 is 9.84 Å². The maximum atomic E-state index is 11.2. The number of aromatic carboxylic acids is 1. The van der Waals surface area contributed by atoms with E-state index in [1.165, 1.54) is 0 Å². The highest BCUT2D eigenvalue weighted by Gasteiger charge is 2.19. The summed E-state index contributed by atoms with van der Waals surface area (Å²) < 4.78 is 5.22. The van der Waals surface area contributed by atoms with Crippen molar-refractivity contribution in [3.05, 3.63) is 34.0 Å². The van der Waals surface area contributed by atoms with Crippen LogP contribution < -0.4 is 4.74 Å². The van der Waals surface area contributed by atoms with Crippen molar-refractivity contribution in [1.82, 2.24) is 4.98 Å². The molecule has 0 aliphatic heterocycles. The van der Waals surface area contributed by atoms with Crippen molar-refractivity contribution < 1.29 is 14.6 Å². The first-order valence-electron chi connectivity index (χ1n) is 5.34. The summed E-state index contributed by atoms with van der Waals surface area (Å²) in [4.78, 5) is 15.3. The number of halogens is 1. The van der Waals surface area contributed by atoms with E-state index in [9.17, 15) is 4.79 Å². The summed E-state index contributed by atoms with van der Waals surface area (Å²) in [6.07, 6.45) is 0. The molecule has 4 nitrogen and oxygen atoms in total. The van der Waals surface area contributed by atoms with Crippen LogP contribution in [0.15, 0.2) is 12.1 Å². The Labute approximate surface area is 109 Å². The van der Waals surface area contributed by atoms with Crippen LogP contribution in [0.25, 0.3) is 10.9 Å². The lowest BCUT2D eigenvalue weighted by atomic mass is 10.0. The van der Waals surface area contributed by atoms with Crippen LogP contribution in [0, 0.1) is 13.8 Å². The molecule has 1 N–H and O–H groups in total. The molecule has 0 aliphatic rings. The first-order valence-corrected chi connectivity index (χ1v) is 5.71. The molecule has 1 aromatic heterocycles. The third-order valence-corrected chi connectivity index (χ3v) is 3.22. The molecular weight excluding hydrogens is 254 g/mol. The van der Waals surface area contributed by atoms with Crippen LogP contribution in [0.3, 0.4) is 0 Å². The second-order valence-electron chi connectivity index (χ2n) is 4.02. The van der Waals surface area contributed by atoms with Gasteiger partial charge in [0.25, 0.3) is 0 Å². The number of hydrogen-bond acceptors (Lipinski definition) is 3. The topological polar surface area (TPSA) is 59.4 Å². The highest BCUT2D eigenvalue weighted by atomic mass is 35.5. The SMILES string of the molecule is COc1ccc(C)c2c(C)c(C(=O)O)c(Cl)nc12. The minimum absolute atomic E-state index is 0.0172. The number of hydrogen-bond donors (Lipinski definition) is 1. The first-order chi connectivity index (χ1) is 8.47. The van der Waals surface area contributed by atoms with Crippen LogP contribution in [0.4, 0.5) is 0 Å². The van der Waals surface area contributed by atoms with Crippen molar-refractivity contribution in [3.8, 4) is 5.75 Å². The first kappa shape index (κ1) is 12.6. The van der Waals surface area contributed by atoms with Gasteiger partial charge in [-0.1, -0.05) is 17.7 Å². The summed E-state index contributed by atoms with van der Waals surface area (Å²) in [7, 11) is 1.54. The fourth-order valence-corrected chi connectivity index (χ4v) is 2.41. The molecule has 0 bridgehead atoms. The second kappa shape index (κ2) is 4.46. The molecule has 0 aliphatic carbocycles. The van der Waals surface area contributed by atoms with Crippen molar-refractivity contribution in [3.63, 3.8) is 0 Å². The van der Waals surface area contributed by atoms with E-state index >= 15 is 0 Å². The molecule has 0 amide bonds. The molecule has 1 aromatic carbocycles. The summed E-state index contributed by atoms with van der Waals surface area (Å²) in [6, 6.07) is 3.66. The van der Waals surface area contributed by atoms with Gasteiger partial charge in [-0.15, -0.1) is 0 Å². The van der Waals surface area contributed by atoms with Gasteiger partial charge in [0.1, 0.15) is 22.0 Å². The third-order valence-electron chi connectivity index (χ3n) is 2.95. The van der Waals surface area contributed by atoms with Gasteiger partial charge in [0.15, 0.2) is 0 Å². The molecule has 2 aromatic rings. The molecule has 0 saturated heterocycles. The number of carboxylic acid groups (broad SMARTS) is 1. The number of pyridine rings is 1. The normalized spacial score (nSPS) is 10.7. The average Bonchev–Trinajstić information content (AvgIpc) is 2.28. The number of carboxylic acids is 1. The quantitative estimate of drug-likeness (QED) is 0.847. The molecule has 0 fully saturated rings.